The van der Waals surface area contributed by atoms with Crippen LogP contribution in [0.25, 0.3) is 22.0 Å². The van der Waals surface area contributed by atoms with Crippen LogP contribution in [0.3, 0.4) is 0 Å². The van der Waals surface area contributed by atoms with E-state index in [9.17, 15) is 0 Å². The number of benzene rings is 1. The fourth-order valence-corrected chi connectivity index (χ4v) is 2.53. The van der Waals surface area contributed by atoms with Gasteiger partial charge in [0, 0.05) is 17.0 Å². The van der Waals surface area contributed by atoms with Crippen LogP contribution < -0.4 is 4.74 Å². The minimum absolute atomic E-state index is 0.780. The van der Waals surface area contributed by atoms with Crippen molar-refractivity contribution in [2.75, 3.05) is 7.11 Å². The molecule has 0 bridgehead atoms. The van der Waals surface area contributed by atoms with Gasteiger partial charge in [-0.25, -0.2) is 4.98 Å². The molecule has 0 saturated carbocycles. The standard InChI is InChI=1S/C14H12N2O2S/c1-9-7-12(16-18-9)14-15-13(8-19-14)10-3-5-11(17-2)6-4-10/h3-8H,1-2H3. The third kappa shape index (κ3) is 2.37. The van der Waals surface area contributed by atoms with Gasteiger partial charge in [0.15, 0.2) is 0 Å². The molecule has 0 amide bonds. The van der Waals surface area contributed by atoms with Crippen molar-refractivity contribution in [1.29, 1.82) is 0 Å². The summed E-state index contributed by atoms with van der Waals surface area (Å²) in [6.07, 6.45) is 0. The van der Waals surface area contributed by atoms with E-state index in [4.69, 9.17) is 9.26 Å². The first-order valence-electron chi connectivity index (χ1n) is 5.80. The highest BCUT2D eigenvalue weighted by molar-refractivity contribution is 7.13. The predicted molar refractivity (Wildman–Crippen MR) is 74.3 cm³/mol. The smallest absolute Gasteiger partial charge is 0.146 e. The van der Waals surface area contributed by atoms with E-state index in [1.807, 2.05) is 42.6 Å². The Morgan fingerprint density at radius 3 is 2.58 bits per heavy atom. The summed E-state index contributed by atoms with van der Waals surface area (Å²) in [5, 5.41) is 6.85. The molecule has 2 aromatic heterocycles. The van der Waals surface area contributed by atoms with Gasteiger partial charge in [-0.15, -0.1) is 11.3 Å². The maximum atomic E-state index is 5.14. The molecule has 3 aromatic rings. The van der Waals surface area contributed by atoms with Crippen LogP contribution in [-0.2, 0) is 0 Å². The lowest BCUT2D eigenvalue weighted by molar-refractivity contribution is 0.399. The summed E-state index contributed by atoms with van der Waals surface area (Å²) in [7, 11) is 1.66. The van der Waals surface area contributed by atoms with E-state index in [0.29, 0.717) is 0 Å². The molecule has 0 fully saturated rings. The third-order valence-electron chi connectivity index (χ3n) is 2.74. The number of nitrogens with zero attached hydrogens (tertiary/aromatic N) is 2. The Bertz CT molecular complexity index is 686. The second kappa shape index (κ2) is 4.85. The average Bonchev–Trinajstić information content (AvgIpc) is 3.07. The second-order valence-corrected chi connectivity index (χ2v) is 4.95. The number of hydrogen-bond acceptors (Lipinski definition) is 5. The highest BCUT2D eigenvalue weighted by Gasteiger charge is 2.10. The first-order valence-corrected chi connectivity index (χ1v) is 6.68. The number of rotatable bonds is 3. The molecule has 0 saturated heterocycles. The summed E-state index contributed by atoms with van der Waals surface area (Å²) < 4.78 is 10.2. The number of aromatic nitrogens is 2. The van der Waals surface area contributed by atoms with Crippen LogP contribution in [-0.4, -0.2) is 17.3 Å². The number of thiazole rings is 1. The van der Waals surface area contributed by atoms with Crippen molar-refractivity contribution in [1.82, 2.24) is 10.1 Å². The summed E-state index contributed by atoms with van der Waals surface area (Å²) in [5.41, 5.74) is 2.77. The lowest BCUT2D eigenvalue weighted by atomic mass is 10.2. The highest BCUT2D eigenvalue weighted by atomic mass is 32.1. The summed E-state index contributed by atoms with van der Waals surface area (Å²) >= 11 is 1.56. The van der Waals surface area contributed by atoms with Crippen molar-refractivity contribution in [2.24, 2.45) is 0 Å². The molecule has 2 heterocycles. The van der Waals surface area contributed by atoms with E-state index in [2.05, 4.69) is 10.1 Å². The average molecular weight is 272 g/mol. The minimum atomic E-state index is 0.780. The maximum Gasteiger partial charge on any atom is 0.146 e. The van der Waals surface area contributed by atoms with Crippen LogP contribution in [0, 0.1) is 6.92 Å². The van der Waals surface area contributed by atoms with Gasteiger partial charge in [-0.1, -0.05) is 5.16 Å². The number of methoxy groups -OCH3 is 1. The molecule has 3 rings (SSSR count). The minimum Gasteiger partial charge on any atom is -0.497 e. The Labute approximate surface area is 114 Å². The number of ether oxygens (including phenoxy) is 1. The molecule has 0 N–H and O–H groups in total. The van der Waals surface area contributed by atoms with E-state index < -0.39 is 0 Å². The van der Waals surface area contributed by atoms with Gasteiger partial charge in [0.05, 0.1) is 12.8 Å². The van der Waals surface area contributed by atoms with Crippen LogP contribution >= 0.6 is 11.3 Å². The van der Waals surface area contributed by atoms with Crippen molar-refractivity contribution in [2.45, 2.75) is 6.92 Å². The zero-order valence-corrected chi connectivity index (χ0v) is 11.4. The molecule has 0 aliphatic heterocycles. The van der Waals surface area contributed by atoms with Crippen molar-refractivity contribution < 1.29 is 9.26 Å². The molecule has 0 spiro atoms. The molecule has 19 heavy (non-hydrogen) atoms. The fourth-order valence-electron chi connectivity index (χ4n) is 1.75. The van der Waals surface area contributed by atoms with E-state index in [-0.39, 0.29) is 0 Å². The van der Waals surface area contributed by atoms with Gasteiger partial charge in [0.2, 0.25) is 0 Å². The molecule has 0 atom stereocenters. The zero-order chi connectivity index (χ0) is 13.2. The molecule has 4 nitrogen and oxygen atoms in total. The van der Waals surface area contributed by atoms with Crippen molar-refractivity contribution >= 4 is 11.3 Å². The van der Waals surface area contributed by atoms with Crippen LogP contribution in [0.1, 0.15) is 5.76 Å². The SMILES string of the molecule is COc1ccc(-c2csc(-c3cc(C)on3)n2)cc1. The van der Waals surface area contributed by atoms with Crippen molar-refractivity contribution in [3.8, 4) is 27.7 Å². The normalized spacial score (nSPS) is 10.6. The number of hydrogen-bond donors (Lipinski definition) is 0. The Morgan fingerprint density at radius 1 is 1.16 bits per heavy atom. The molecule has 0 unspecified atom stereocenters. The van der Waals surface area contributed by atoms with E-state index in [1.54, 1.807) is 18.4 Å². The molecular formula is C14H12N2O2S. The first-order chi connectivity index (χ1) is 9.26. The van der Waals surface area contributed by atoms with E-state index in [0.717, 1.165) is 33.5 Å². The summed E-state index contributed by atoms with van der Waals surface area (Å²) in [4.78, 5) is 4.57. The van der Waals surface area contributed by atoms with Gasteiger partial charge in [-0.3, -0.25) is 0 Å². The molecule has 0 aliphatic carbocycles. The van der Waals surface area contributed by atoms with Gasteiger partial charge in [-0.05, 0) is 31.2 Å². The van der Waals surface area contributed by atoms with E-state index >= 15 is 0 Å². The Hall–Kier alpha value is -2.14. The Morgan fingerprint density at radius 2 is 1.95 bits per heavy atom. The largest absolute Gasteiger partial charge is 0.497 e. The summed E-state index contributed by atoms with van der Waals surface area (Å²) in [5.74, 6) is 1.63. The van der Waals surface area contributed by atoms with Crippen LogP contribution in [0.15, 0.2) is 40.2 Å². The molecular weight excluding hydrogens is 260 g/mol. The topological polar surface area (TPSA) is 48.2 Å². The Balaban J connectivity index is 1.91. The van der Waals surface area contributed by atoms with Crippen molar-refractivity contribution in [3.05, 3.63) is 41.5 Å². The van der Waals surface area contributed by atoms with Crippen LogP contribution in [0.4, 0.5) is 0 Å². The van der Waals surface area contributed by atoms with Gasteiger partial charge in [0.1, 0.15) is 22.2 Å². The highest BCUT2D eigenvalue weighted by Crippen LogP contribution is 2.29. The lowest BCUT2D eigenvalue weighted by Crippen LogP contribution is -1.83. The lowest BCUT2D eigenvalue weighted by Gasteiger charge is -2.00. The molecule has 5 heteroatoms. The van der Waals surface area contributed by atoms with E-state index in [1.165, 1.54) is 0 Å². The van der Waals surface area contributed by atoms with Crippen molar-refractivity contribution in [3.63, 3.8) is 0 Å². The molecule has 0 aliphatic rings. The summed E-state index contributed by atoms with van der Waals surface area (Å²) in [6, 6.07) is 9.72. The second-order valence-electron chi connectivity index (χ2n) is 4.09. The summed E-state index contributed by atoms with van der Waals surface area (Å²) in [6.45, 7) is 1.87. The molecule has 0 radical (unpaired) electrons. The molecule has 96 valence electrons. The van der Waals surface area contributed by atoms with Crippen LogP contribution in [0.5, 0.6) is 5.75 Å². The Kier molecular flexibility index (Phi) is 3.05. The third-order valence-corrected chi connectivity index (χ3v) is 3.60. The van der Waals surface area contributed by atoms with Gasteiger partial charge in [-0.2, -0.15) is 0 Å². The van der Waals surface area contributed by atoms with Gasteiger partial charge < -0.3 is 9.26 Å². The monoisotopic (exact) mass is 272 g/mol. The first kappa shape index (κ1) is 11.9. The van der Waals surface area contributed by atoms with Gasteiger partial charge >= 0.3 is 0 Å². The van der Waals surface area contributed by atoms with Crippen LogP contribution in [0.2, 0.25) is 0 Å². The number of aryl methyl sites for hydroxylation is 1. The quantitative estimate of drug-likeness (QED) is 0.728. The molecule has 1 aromatic carbocycles. The van der Waals surface area contributed by atoms with Gasteiger partial charge in [0.25, 0.3) is 0 Å². The fraction of sp³-hybridized carbons (Fsp3) is 0.143. The maximum absolute atomic E-state index is 5.14. The predicted octanol–water partition coefficient (Wildman–Crippen LogP) is 3.78. The zero-order valence-electron chi connectivity index (χ0n) is 10.6.